The summed E-state index contributed by atoms with van der Waals surface area (Å²) < 4.78 is 5.33. The summed E-state index contributed by atoms with van der Waals surface area (Å²) >= 11 is 0. The fraction of sp³-hybridized carbons (Fsp3) is 0.222. The van der Waals surface area contributed by atoms with E-state index in [0.717, 1.165) is 24.0 Å². The van der Waals surface area contributed by atoms with Crippen LogP contribution < -0.4 is 26.2 Å². The molecule has 0 saturated carbocycles. The predicted octanol–water partition coefficient (Wildman–Crippen LogP) is 3.62. The van der Waals surface area contributed by atoms with Gasteiger partial charge in [0, 0.05) is 17.8 Å². The molecule has 2 heterocycles. The number of hydrogen-bond donors (Lipinski definition) is 4. The molecule has 5 rings (SSSR count). The highest BCUT2D eigenvalue weighted by atomic mass is 16.5. The number of hydrogen-bond acceptors (Lipinski definition) is 6. The zero-order valence-electron chi connectivity index (χ0n) is 20.1. The lowest BCUT2D eigenvalue weighted by molar-refractivity contribution is -0.119. The van der Waals surface area contributed by atoms with E-state index in [1.807, 2.05) is 25.2 Å². The van der Waals surface area contributed by atoms with E-state index in [1.54, 1.807) is 36.4 Å². The molecular formula is C27H33N5O5. The van der Waals surface area contributed by atoms with Crippen LogP contribution in [0.1, 0.15) is 53.3 Å². The molecule has 196 valence electrons. The smallest absolute Gasteiger partial charge is 0.287 e. The molecule has 0 radical (unpaired) electrons. The van der Waals surface area contributed by atoms with Gasteiger partial charge in [-0.3, -0.25) is 19.2 Å². The number of benzene rings is 2. The van der Waals surface area contributed by atoms with Gasteiger partial charge in [0.1, 0.15) is 5.75 Å². The number of aromatic amines is 1. The summed E-state index contributed by atoms with van der Waals surface area (Å²) in [6.45, 7) is 1.97. The molecule has 1 atom stereocenters. The Hall–Kier alpha value is -4.73. The number of nitrogens with zero attached hydrogens (tertiary/aromatic N) is 1. The van der Waals surface area contributed by atoms with E-state index in [1.165, 1.54) is 0 Å². The average Bonchev–Trinajstić information content (AvgIpc) is 2.91. The molecule has 1 aliphatic carbocycles. The van der Waals surface area contributed by atoms with Gasteiger partial charge in [-0.2, -0.15) is 0 Å². The van der Waals surface area contributed by atoms with E-state index in [2.05, 4.69) is 25.9 Å². The zero-order chi connectivity index (χ0) is 25.9. The summed E-state index contributed by atoms with van der Waals surface area (Å²) in [6, 6.07) is 9.98. The van der Waals surface area contributed by atoms with Gasteiger partial charge >= 0.3 is 0 Å². The van der Waals surface area contributed by atoms with Crippen LogP contribution in [-0.2, 0) is 16.1 Å². The normalized spacial score (nSPS) is 15.2. The highest BCUT2D eigenvalue weighted by molar-refractivity contribution is 5.97. The quantitative estimate of drug-likeness (QED) is 0.401. The number of fused-ring (bicyclic) bond motifs is 2. The summed E-state index contributed by atoms with van der Waals surface area (Å²) in [5.74, 6) is -0.513. The highest BCUT2D eigenvalue weighted by Gasteiger charge is 2.18. The molecule has 3 amide bonds. The Bertz CT molecular complexity index is 1560. The van der Waals surface area contributed by atoms with Crippen LogP contribution in [0.2, 0.25) is 0 Å². The lowest BCUT2D eigenvalue weighted by Crippen LogP contribution is -2.29. The van der Waals surface area contributed by atoms with E-state index in [9.17, 15) is 19.2 Å². The van der Waals surface area contributed by atoms with Gasteiger partial charge < -0.3 is 25.7 Å². The second-order valence-electron chi connectivity index (χ2n) is 8.88. The second kappa shape index (κ2) is 10.1. The van der Waals surface area contributed by atoms with E-state index in [4.69, 9.17) is 4.74 Å². The van der Waals surface area contributed by atoms with Crippen molar-refractivity contribution in [2.45, 2.75) is 32.4 Å². The highest BCUT2D eigenvalue weighted by Crippen LogP contribution is 2.28. The van der Waals surface area contributed by atoms with Crippen molar-refractivity contribution in [2.75, 3.05) is 11.9 Å². The molecule has 0 unspecified atom stereocenters. The van der Waals surface area contributed by atoms with Crippen molar-refractivity contribution in [3.05, 3.63) is 87.5 Å². The molecule has 2 aliphatic rings. The summed E-state index contributed by atoms with van der Waals surface area (Å²) in [5, 5.41) is 8.71. The number of rotatable bonds is 6. The van der Waals surface area contributed by atoms with E-state index in [0.29, 0.717) is 27.9 Å². The number of nitrogens with one attached hydrogen (secondary N) is 4. The predicted molar refractivity (Wildman–Crippen MR) is 146 cm³/mol. The lowest BCUT2D eigenvalue weighted by atomic mass is 10.0. The Morgan fingerprint density at radius 1 is 1.14 bits per heavy atom. The van der Waals surface area contributed by atoms with Crippen molar-refractivity contribution in [3.63, 3.8) is 0 Å². The molecule has 10 nitrogen and oxygen atoms in total. The molecule has 1 aromatic heterocycles. The molecule has 2 aromatic carbocycles. The molecule has 0 saturated heterocycles. The molecule has 3 aromatic rings. The van der Waals surface area contributed by atoms with Gasteiger partial charge in [-0.25, -0.2) is 4.98 Å². The molecule has 37 heavy (non-hydrogen) atoms. The van der Waals surface area contributed by atoms with Gasteiger partial charge in [-0.05, 0) is 55.2 Å². The van der Waals surface area contributed by atoms with Crippen molar-refractivity contribution in [2.24, 2.45) is 0 Å². The summed E-state index contributed by atoms with van der Waals surface area (Å²) in [7, 11) is 0. The standard InChI is InChI=1S/C27H25N5O5.4H2/c1-15(29-25(34)17-5-3-2-4-6-17)18-8-9-20-19(12-18)26(35)32-24(31-20)27(36)28-13-16-7-10-22-21(11-16)30-23(33)14-37-22;;;;/h3,5-12,15H,2,4,13-14H2,1H3,(H,28,36)(H,29,34)(H,30,33)(H,31,32,35);4*1H/t15-;;;;/m1..../s1. The number of ether oxygens (including phenoxy) is 1. The van der Waals surface area contributed by atoms with Gasteiger partial charge in [0.2, 0.25) is 0 Å². The third-order valence-electron chi connectivity index (χ3n) is 6.18. The Morgan fingerprint density at radius 3 is 2.81 bits per heavy atom. The first-order valence-corrected chi connectivity index (χ1v) is 11.9. The number of amides is 3. The molecular weight excluding hydrogens is 474 g/mol. The summed E-state index contributed by atoms with van der Waals surface area (Å²) in [6.07, 6.45) is 7.44. The number of anilines is 1. The van der Waals surface area contributed by atoms with Crippen LogP contribution in [0.4, 0.5) is 5.69 Å². The summed E-state index contributed by atoms with van der Waals surface area (Å²) in [5.41, 5.74) is 2.55. The largest absolute Gasteiger partial charge is 0.482 e. The molecule has 10 heteroatoms. The third kappa shape index (κ3) is 5.27. The van der Waals surface area contributed by atoms with Crippen molar-refractivity contribution in [3.8, 4) is 5.75 Å². The first-order chi connectivity index (χ1) is 17.9. The number of allylic oxidation sites excluding steroid dienone is 2. The fourth-order valence-electron chi connectivity index (χ4n) is 4.18. The maximum atomic E-state index is 12.8. The van der Waals surface area contributed by atoms with Crippen molar-refractivity contribution >= 4 is 34.3 Å². The molecule has 0 spiro atoms. The SMILES string of the molecule is C[C@@H](NC(=O)C1=CCCC=C1)c1ccc2nc(C(=O)NCc3ccc4c(c3)NC(=O)CO4)[nH]c(=O)c2c1.[HH].[HH].[HH].[HH]. The minimum atomic E-state index is -0.546. The third-order valence-corrected chi connectivity index (χ3v) is 6.18. The van der Waals surface area contributed by atoms with Crippen LogP contribution in [0.5, 0.6) is 5.75 Å². The summed E-state index contributed by atoms with van der Waals surface area (Å²) in [4.78, 5) is 56.4. The van der Waals surface area contributed by atoms with Crippen LogP contribution >= 0.6 is 0 Å². The Morgan fingerprint density at radius 2 is 2.00 bits per heavy atom. The Labute approximate surface area is 217 Å². The van der Waals surface area contributed by atoms with Crippen LogP contribution in [0.25, 0.3) is 10.9 Å². The first-order valence-electron chi connectivity index (χ1n) is 11.9. The van der Waals surface area contributed by atoms with Gasteiger partial charge in [0.25, 0.3) is 23.3 Å². The van der Waals surface area contributed by atoms with Gasteiger partial charge in [-0.1, -0.05) is 30.4 Å². The monoisotopic (exact) mass is 507 g/mol. The van der Waals surface area contributed by atoms with E-state index in [-0.39, 0.29) is 42.5 Å². The van der Waals surface area contributed by atoms with Gasteiger partial charge in [-0.15, -0.1) is 0 Å². The number of carbonyl (C=O) groups is 3. The Balaban J connectivity index is 0.00000210. The van der Waals surface area contributed by atoms with Gasteiger partial charge in [0.05, 0.1) is 22.6 Å². The molecule has 4 N–H and O–H groups in total. The fourth-order valence-corrected chi connectivity index (χ4v) is 4.18. The van der Waals surface area contributed by atoms with Gasteiger partial charge in [0.15, 0.2) is 12.4 Å². The molecule has 0 bridgehead atoms. The van der Waals surface area contributed by atoms with Crippen molar-refractivity contribution in [1.82, 2.24) is 20.6 Å². The zero-order valence-corrected chi connectivity index (χ0v) is 20.1. The number of carbonyl (C=O) groups excluding carboxylic acids is 3. The average molecular weight is 508 g/mol. The minimum Gasteiger partial charge on any atom is -0.482 e. The topological polar surface area (TPSA) is 142 Å². The van der Waals surface area contributed by atoms with Crippen molar-refractivity contribution in [1.29, 1.82) is 0 Å². The minimum absolute atomic E-state index is 0. The van der Waals surface area contributed by atoms with Crippen LogP contribution in [-0.4, -0.2) is 34.3 Å². The first kappa shape index (κ1) is 24.0. The maximum Gasteiger partial charge on any atom is 0.287 e. The van der Waals surface area contributed by atoms with E-state index < -0.39 is 11.5 Å². The number of H-pyrrole nitrogens is 1. The lowest BCUT2D eigenvalue weighted by Gasteiger charge is -2.18. The van der Waals surface area contributed by atoms with Crippen molar-refractivity contribution < 1.29 is 24.8 Å². The van der Waals surface area contributed by atoms with Crippen LogP contribution in [0.15, 0.2) is 65.0 Å². The molecule has 1 aliphatic heterocycles. The second-order valence-corrected chi connectivity index (χ2v) is 8.88. The van der Waals surface area contributed by atoms with Crippen LogP contribution in [0.3, 0.4) is 0 Å². The number of aromatic nitrogens is 2. The Kier molecular flexibility index (Phi) is 6.55. The maximum absolute atomic E-state index is 12.8. The molecule has 0 fully saturated rings. The van der Waals surface area contributed by atoms with E-state index >= 15 is 0 Å². The van der Waals surface area contributed by atoms with Crippen LogP contribution in [0, 0.1) is 0 Å².